The van der Waals surface area contributed by atoms with Crippen LogP contribution in [0.3, 0.4) is 0 Å². The van der Waals surface area contributed by atoms with Gasteiger partial charge in [0.25, 0.3) is 5.91 Å². The molecule has 0 bridgehead atoms. The third-order valence-electron chi connectivity index (χ3n) is 2.34. The van der Waals surface area contributed by atoms with Crippen molar-refractivity contribution in [3.8, 4) is 11.6 Å². The predicted molar refractivity (Wildman–Crippen MR) is 62.4 cm³/mol. The fourth-order valence-corrected chi connectivity index (χ4v) is 1.42. The van der Waals surface area contributed by atoms with Crippen LogP contribution in [0.2, 0.25) is 0 Å². The van der Waals surface area contributed by atoms with Gasteiger partial charge < -0.3 is 20.5 Å². The number of hydrogen-bond donors (Lipinski definition) is 5. The third kappa shape index (κ3) is 2.51. The average Bonchev–Trinajstić information content (AvgIpc) is 2.66. The quantitative estimate of drug-likeness (QED) is 0.528. The second-order valence-electron chi connectivity index (χ2n) is 3.64. The minimum atomic E-state index is -0.540. The average molecular weight is 249 g/mol. The highest BCUT2D eigenvalue weighted by molar-refractivity contribution is 5.94. The zero-order valence-electron chi connectivity index (χ0n) is 9.23. The number of hydrogen-bond acceptors (Lipinski definition) is 4. The molecule has 5 N–H and O–H groups in total. The Morgan fingerprint density at radius 2 is 1.83 bits per heavy atom. The molecule has 0 radical (unpaired) electrons. The van der Waals surface area contributed by atoms with Crippen LogP contribution in [0.5, 0.6) is 11.6 Å². The largest absolute Gasteiger partial charge is 0.508 e. The summed E-state index contributed by atoms with van der Waals surface area (Å²) >= 11 is 0. The van der Waals surface area contributed by atoms with E-state index in [1.807, 2.05) is 0 Å². The van der Waals surface area contributed by atoms with E-state index in [9.17, 15) is 14.7 Å². The van der Waals surface area contributed by atoms with E-state index in [1.54, 1.807) is 0 Å². The Kier molecular flexibility index (Phi) is 3.05. The number of phenols is 1. The molecular formula is C11H11N3O4. The Labute approximate surface area is 101 Å². The number of carbonyl (C=O) groups is 1. The number of aromatic amines is 2. The highest BCUT2D eigenvalue weighted by Crippen LogP contribution is 2.10. The van der Waals surface area contributed by atoms with Crippen LogP contribution in [0.25, 0.3) is 0 Å². The number of imidazole rings is 1. The minimum Gasteiger partial charge on any atom is -0.508 e. The molecule has 0 unspecified atom stereocenters. The molecule has 1 aromatic heterocycles. The van der Waals surface area contributed by atoms with Gasteiger partial charge in [0.2, 0.25) is 5.88 Å². The fourth-order valence-electron chi connectivity index (χ4n) is 1.42. The number of rotatable bonds is 3. The van der Waals surface area contributed by atoms with Crippen molar-refractivity contribution < 1.29 is 15.0 Å². The summed E-state index contributed by atoms with van der Waals surface area (Å²) in [6.07, 6.45) is 0. The highest BCUT2D eigenvalue weighted by atomic mass is 16.3. The number of phenolic OH excluding ortho intramolecular Hbond substituents is 1. The fraction of sp³-hybridized carbons (Fsp3) is 0.0909. The number of H-pyrrole nitrogens is 2. The summed E-state index contributed by atoms with van der Waals surface area (Å²) in [4.78, 5) is 27.0. The number of aromatic nitrogens is 2. The normalized spacial score (nSPS) is 10.2. The number of aromatic hydroxyl groups is 2. The second kappa shape index (κ2) is 4.66. The van der Waals surface area contributed by atoms with E-state index < -0.39 is 5.69 Å². The lowest BCUT2D eigenvalue weighted by atomic mass is 10.2. The van der Waals surface area contributed by atoms with Gasteiger partial charge in [0.1, 0.15) is 5.75 Å². The van der Waals surface area contributed by atoms with E-state index in [4.69, 9.17) is 5.11 Å². The Hall–Kier alpha value is -2.70. The molecule has 0 saturated carbocycles. The van der Waals surface area contributed by atoms with Gasteiger partial charge in [-0.3, -0.25) is 9.78 Å². The summed E-state index contributed by atoms with van der Waals surface area (Å²) < 4.78 is 0. The number of carbonyl (C=O) groups excluding carboxylic acids is 1. The van der Waals surface area contributed by atoms with Crippen molar-refractivity contribution in [1.82, 2.24) is 15.3 Å². The van der Waals surface area contributed by atoms with Crippen molar-refractivity contribution >= 4 is 5.91 Å². The van der Waals surface area contributed by atoms with E-state index in [-0.39, 0.29) is 29.8 Å². The molecule has 0 fully saturated rings. The van der Waals surface area contributed by atoms with Gasteiger partial charge in [-0.2, -0.15) is 0 Å². The van der Waals surface area contributed by atoms with E-state index in [1.165, 1.54) is 24.3 Å². The molecule has 0 aliphatic heterocycles. The number of nitrogens with one attached hydrogen (secondary N) is 3. The van der Waals surface area contributed by atoms with Crippen molar-refractivity contribution in [2.45, 2.75) is 6.54 Å². The molecule has 18 heavy (non-hydrogen) atoms. The van der Waals surface area contributed by atoms with Crippen LogP contribution in [-0.4, -0.2) is 26.1 Å². The van der Waals surface area contributed by atoms with Gasteiger partial charge >= 0.3 is 5.69 Å². The van der Waals surface area contributed by atoms with Crippen molar-refractivity contribution in [3.63, 3.8) is 0 Å². The van der Waals surface area contributed by atoms with Gasteiger partial charge in [0, 0.05) is 5.56 Å². The number of amides is 1. The summed E-state index contributed by atoms with van der Waals surface area (Å²) in [6, 6.07) is 5.71. The van der Waals surface area contributed by atoms with Crippen molar-refractivity contribution in [3.05, 3.63) is 46.0 Å². The lowest BCUT2D eigenvalue weighted by Gasteiger charge is -2.04. The molecule has 94 valence electrons. The van der Waals surface area contributed by atoms with Gasteiger partial charge in [-0.05, 0) is 24.3 Å². The van der Waals surface area contributed by atoms with Crippen LogP contribution in [0.15, 0.2) is 29.1 Å². The molecule has 7 heteroatoms. The Morgan fingerprint density at radius 1 is 1.17 bits per heavy atom. The lowest BCUT2D eigenvalue weighted by molar-refractivity contribution is 0.0950. The summed E-state index contributed by atoms with van der Waals surface area (Å²) in [5, 5.41) is 20.9. The molecule has 0 aliphatic rings. The lowest BCUT2D eigenvalue weighted by Crippen LogP contribution is -2.23. The molecule has 1 amide bonds. The van der Waals surface area contributed by atoms with Gasteiger partial charge in [0.05, 0.1) is 12.2 Å². The van der Waals surface area contributed by atoms with Crippen LogP contribution in [0.1, 0.15) is 16.1 Å². The summed E-state index contributed by atoms with van der Waals surface area (Å²) in [5.41, 5.74) is 0.0266. The summed E-state index contributed by atoms with van der Waals surface area (Å²) in [6.45, 7) is -0.00964. The molecular weight excluding hydrogens is 238 g/mol. The SMILES string of the molecule is O=C(NCc1[nH]c(=O)[nH]c1O)c1ccc(O)cc1. The first-order valence-electron chi connectivity index (χ1n) is 5.13. The molecule has 7 nitrogen and oxygen atoms in total. The second-order valence-corrected chi connectivity index (χ2v) is 3.64. The highest BCUT2D eigenvalue weighted by Gasteiger charge is 2.09. The van der Waals surface area contributed by atoms with Crippen molar-refractivity contribution in [2.24, 2.45) is 0 Å². The van der Waals surface area contributed by atoms with E-state index in [0.717, 1.165) is 0 Å². The predicted octanol–water partition coefficient (Wildman–Crippen LogP) is 0.0442. The number of benzene rings is 1. The van der Waals surface area contributed by atoms with Gasteiger partial charge in [-0.1, -0.05) is 0 Å². The summed E-state index contributed by atoms with van der Waals surface area (Å²) in [7, 11) is 0. The topological polar surface area (TPSA) is 118 Å². The van der Waals surface area contributed by atoms with Gasteiger partial charge in [0.15, 0.2) is 0 Å². The van der Waals surface area contributed by atoms with Crippen LogP contribution < -0.4 is 11.0 Å². The van der Waals surface area contributed by atoms with E-state index >= 15 is 0 Å². The van der Waals surface area contributed by atoms with Gasteiger partial charge in [-0.25, -0.2) is 4.79 Å². The molecule has 1 heterocycles. The Bertz CT molecular complexity index is 612. The first-order chi connectivity index (χ1) is 8.56. The monoisotopic (exact) mass is 249 g/mol. The zero-order chi connectivity index (χ0) is 13.1. The molecule has 0 atom stereocenters. The van der Waals surface area contributed by atoms with E-state index in [0.29, 0.717) is 5.56 Å². The smallest absolute Gasteiger partial charge is 0.326 e. The third-order valence-corrected chi connectivity index (χ3v) is 2.34. The molecule has 1 aromatic carbocycles. The Balaban J connectivity index is 2.02. The summed E-state index contributed by atoms with van der Waals surface area (Å²) in [5.74, 6) is -0.610. The van der Waals surface area contributed by atoms with Crippen LogP contribution >= 0.6 is 0 Å². The van der Waals surface area contributed by atoms with Gasteiger partial charge in [-0.15, -0.1) is 0 Å². The maximum Gasteiger partial charge on any atom is 0.326 e. The zero-order valence-corrected chi connectivity index (χ0v) is 9.23. The van der Waals surface area contributed by atoms with Crippen LogP contribution in [0, 0.1) is 0 Å². The molecule has 2 rings (SSSR count). The minimum absolute atomic E-state index is 0.00964. The standard InChI is InChI=1S/C11H11N3O4/c15-7-3-1-6(2-4-7)9(16)12-5-8-10(17)14-11(18)13-8/h1-4,15,17H,5H2,(H,12,16)(H2,13,14,18). The molecule has 0 saturated heterocycles. The van der Waals surface area contributed by atoms with Crippen molar-refractivity contribution in [1.29, 1.82) is 0 Å². The first-order valence-corrected chi connectivity index (χ1v) is 5.13. The van der Waals surface area contributed by atoms with Crippen LogP contribution in [-0.2, 0) is 6.54 Å². The van der Waals surface area contributed by atoms with E-state index in [2.05, 4.69) is 15.3 Å². The maximum atomic E-state index is 11.7. The first kappa shape index (κ1) is 11.8. The maximum absolute atomic E-state index is 11.7. The molecule has 0 spiro atoms. The Morgan fingerprint density at radius 3 is 2.39 bits per heavy atom. The molecule has 0 aliphatic carbocycles. The van der Waals surface area contributed by atoms with Crippen LogP contribution in [0.4, 0.5) is 0 Å². The van der Waals surface area contributed by atoms with Crippen molar-refractivity contribution in [2.75, 3.05) is 0 Å². The molecule has 2 aromatic rings.